The minimum absolute atomic E-state index is 0.0702. The van der Waals surface area contributed by atoms with Gasteiger partial charge in [0.15, 0.2) is 6.10 Å². The SMILES string of the molecule is CC[C@H](/C=C/C(C)[C@H]1CC[C@H]2[C@@H]3CC=C4C[C@@H](OC(=O)CCC(=O)OCC(COP(=O)(O)OCC[N+](C)(C)C)OC(=O)CCC(=O)O[C@H]5CC[C@@]6(C)C(=CC[C@H]7[C@@H]8CC[C@H](C(C)/C=C/[C@@H](CC)C(C)C)[C@@]8(C)CC[C@@H]76)C5)CC[C@]4(C)[C@H]3CC[C@]12C)C(C)C. The Bertz CT molecular complexity index is 2580. The van der Waals surface area contributed by atoms with Crippen LogP contribution >= 0.6 is 7.82 Å². The summed E-state index contributed by atoms with van der Waals surface area (Å²) in [5.74, 6) is 6.79. The lowest BCUT2D eigenvalue weighted by atomic mass is 9.47. The number of hydrogen-bond donors (Lipinski definition) is 1. The van der Waals surface area contributed by atoms with Gasteiger partial charge in [0.25, 0.3) is 0 Å². The Hall–Kier alpha value is -3.09. The van der Waals surface area contributed by atoms with Gasteiger partial charge in [0.05, 0.1) is 53.4 Å². The van der Waals surface area contributed by atoms with Gasteiger partial charge in [-0.2, -0.15) is 0 Å². The van der Waals surface area contributed by atoms with E-state index in [9.17, 15) is 28.6 Å². The first-order valence-electron chi connectivity index (χ1n) is 35.4. The fourth-order valence-electron chi connectivity index (χ4n) is 20.0. The Kier molecular flexibility index (Phi) is 23.7. The lowest BCUT2D eigenvalue weighted by Crippen LogP contribution is -2.51. The lowest BCUT2D eigenvalue weighted by molar-refractivity contribution is -0.870. The summed E-state index contributed by atoms with van der Waals surface area (Å²) >= 11 is 0. The topological polar surface area (TPSA) is 161 Å². The van der Waals surface area contributed by atoms with E-state index in [0.717, 1.165) is 56.3 Å². The maximum Gasteiger partial charge on any atom is 0.472 e. The fraction of sp³-hybridized carbons (Fsp3) is 0.838. The zero-order chi connectivity index (χ0) is 64.1. The molecule has 13 nitrogen and oxygen atoms in total. The molecule has 0 spiro atoms. The molecule has 0 aromatic carbocycles. The quantitative estimate of drug-likeness (QED) is 0.0260. The Balaban J connectivity index is 0.788. The number of rotatable bonds is 28. The largest absolute Gasteiger partial charge is 0.472 e. The minimum Gasteiger partial charge on any atom is -0.462 e. The van der Waals surface area contributed by atoms with Gasteiger partial charge in [-0.15, -0.1) is 0 Å². The highest BCUT2D eigenvalue weighted by atomic mass is 31.2. The molecule has 0 heterocycles. The van der Waals surface area contributed by atoms with E-state index in [-0.39, 0.29) is 55.3 Å². The van der Waals surface area contributed by atoms with Crippen molar-refractivity contribution in [1.29, 1.82) is 0 Å². The molecule has 8 aliphatic carbocycles. The third-order valence-corrected chi connectivity index (χ3v) is 26.3. The number of phosphoric acid groups is 1. The van der Waals surface area contributed by atoms with Gasteiger partial charge >= 0.3 is 31.7 Å². The number of quaternary nitrogens is 1. The van der Waals surface area contributed by atoms with Crippen LogP contribution in [0.15, 0.2) is 47.6 Å². The lowest BCUT2D eigenvalue weighted by Gasteiger charge is -2.58. The maximum absolute atomic E-state index is 13.4. The van der Waals surface area contributed by atoms with Crippen molar-refractivity contribution in [1.82, 2.24) is 0 Å². The highest BCUT2D eigenvalue weighted by Gasteiger charge is 2.61. The summed E-state index contributed by atoms with van der Waals surface area (Å²) < 4.78 is 47.1. The van der Waals surface area contributed by atoms with Crippen molar-refractivity contribution < 1.29 is 61.1 Å². The number of esters is 4. The summed E-state index contributed by atoms with van der Waals surface area (Å²) in [5, 5.41) is 0. The van der Waals surface area contributed by atoms with Gasteiger partial charge in [-0.05, 0) is 207 Å². The van der Waals surface area contributed by atoms with Crippen LogP contribution in [-0.4, -0.2) is 99.1 Å². The summed E-state index contributed by atoms with van der Waals surface area (Å²) in [6.45, 7) is 28.3. The van der Waals surface area contributed by atoms with Crippen molar-refractivity contribution in [3.8, 4) is 0 Å². The summed E-state index contributed by atoms with van der Waals surface area (Å²) in [6, 6.07) is 0. The monoisotopic (exact) mass is 1250 g/mol. The standard InChI is InChI=1S/C74H120NO12P/c1-16-52(48(3)4)20-18-50(7)61-26-28-63-59-24-22-54-44-56(34-38-71(54,9)65(59)36-40-73(61,63)11)85-68(77)31-30-67(76)82-46-58(47-84-88(80,81)83-43-42-75(13,14)15)87-70(79)33-32-69(78)86-57-35-39-72(10)55(45-57)23-25-60-64-29-27-62(74(64,12)41-37-66(60)72)51(8)19-21-53(17-2)49(5)6/h18-23,48-53,56-66H,16-17,24-47H2,1-15H3/p+1/b20-18+,21-19+/t50?,51?,52-,53-,56+,57+,58?,59+,60+,61-,62-,63+,64+,65+,66+,71+,72+,73-,74-/m1/s1. The number of likely N-dealkylation sites (N-methyl/N-ethyl adjacent to an activating group) is 1. The van der Waals surface area contributed by atoms with Crippen molar-refractivity contribution in [2.24, 2.45) is 105 Å². The molecule has 0 amide bonds. The van der Waals surface area contributed by atoms with Crippen LogP contribution in [0.4, 0.5) is 0 Å². The highest BCUT2D eigenvalue weighted by Crippen LogP contribution is 2.69. The fourth-order valence-corrected chi connectivity index (χ4v) is 20.7. The van der Waals surface area contributed by atoms with Crippen molar-refractivity contribution in [2.75, 3.05) is 47.5 Å². The predicted molar refractivity (Wildman–Crippen MR) is 348 cm³/mol. The first kappa shape index (κ1) is 70.8. The van der Waals surface area contributed by atoms with E-state index in [2.05, 4.69) is 120 Å². The van der Waals surface area contributed by atoms with E-state index < -0.39 is 51.0 Å². The van der Waals surface area contributed by atoms with E-state index in [1.54, 1.807) is 0 Å². The first-order chi connectivity index (χ1) is 41.4. The van der Waals surface area contributed by atoms with E-state index in [1.807, 2.05) is 21.1 Å². The van der Waals surface area contributed by atoms with E-state index >= 15 is 0 Å². The van der Waals surface area contributed by atoms with E-state index in [0.29, 0.717) is 99.8 Å². The second kappa shape index (κ2) is 29.5. The Morgan fingerprint density at radius 2 is 1.02 bits per heavy atom. The molecule has 0 aliphatic heterocycles. The van der Waals surface area contributed by atoms with Crippen LogP contribution in [0.25, 0.3) is 0 Å². The molecule has 88 heavy (non-hydrogen) atoms. The number of nitrogens with zero attached hydrogens (tertiary/aromatic N) is 1. The second-order valence-corrected chi connectivity index (χ2v) is 33.7. The van der Waals surface area contributed by atoms with Crippen LogP contribution in [0.5, 0.6) is 0 Å². The number of phosphoric ester groups is 1. The van der Waals surface area contributed by atoms with Gasteiger partial charge in [-0.25, -0.2) is 4.57 Å². The summed E-state index contributed by atoms with van der Waals surface area (Å²) in [4.78, 5) is 63.9. The molecule has 0 radical (unpaired) electrons. The molecule has 6 fully saturated rings. The third-order valence-electron chi connectivity index (χ3n) is 25.3. The van der Waals surface area contributed by atoms with Crippen molar-refractivity contribution in [3.63, 3.8) is 0 Å². The Morgan fingerprint density at radius 1 is 0.580 bits per heavy atom. The Labute approximate surface area is 532 Å². The molecule has 498 valence electrons. The van der Waals surface area contributed by atoms with Crippen LogP contribution in [0.1, 0.15) is 224 Å². The van der Waals surface area contributed by atoms with Gasteiger partial charge in [-0.1, -0.05) is 131 Å². The molecule has 4 unspecified atom stereocenters. The Morgan fingerprint density at radius 3 is 1.45 bits per heavy atom. The average molecular weight is 1250 g/mol. The molecule has 0 saturated heterocycles. The maximum atomic E-state index is 13.4. The molecule has 1 N–H and O–H groups in total. The third kappa shape index (κ3) is 16.4. The normalized spacial score (nSPS) is 36.1. The van der Waals surface area contributed by atoms with Crippen molar-refractivity contribution >= 4 is 31.7 Å². The van der Waals surface area contributed by atoms with Crippen LogP contribution in [-0.2, 0) is 51.7 Å². The number of hydrogen-bond acceptors (Lipinski definition) is 11. The van der Waals surface area contributed by atoms with Crippen molar-refractivity contribution in [3.05, 3.63) is 47.6 Å². The first-order valence-corrected chi connectivity index (χ1v) is 36.8. The van der Waals surface area contributed by atoms with E-state index in [1.165, 1.54) is 75.4 Å². The van der Waals surface area contributed by atoms with Gasteiger partial charge in [0.2, 0.25) is 0 Å². The predicted octanol–water partition coefficient (Wildman–Crippen LogP) is 16.6. The zero-order valence-corrected chi connectivity index (χ0v) is 58.4. The number of ether oxygens (including phenoxy) is 4. The summed E-state index contributed by atoms with van der Waals surface area (Å²) in [6.07, 6.45) is 32.0. The molecule has 20 atom stereocenters. The van der Waals surface area contributed by atoms with Crippen LogP contribution in [0.3, 0.4) is 0 Å². The number of allylic oxidation sites excluding steroid dienone is 6. The molecule has 6 saturated carbocycles. The average Bonchev–Trinajstić information content (AvgIpc) is 1.33. The molecule has 0 bridgehead atoms. The molecular formula is C74H121NO12P+. The second-order valence-electron chi connectivity index (χ2n) is 32.2. The smallest absolute Gasteiger partial charge is 0.462 e. The minimum atomic E-state index is -4.60. The van der Waals surface area contributed by atoms with Crippen LogP contribution in [0.2, 0.25) is 0 Å². The van der Waals surface area contributed by atoms with Crippen molar-refractivity contribution in [2.45, 2.75) is 243 Å². The van der Waals surface area contributed by atoms with E-state index in [4.69, 9.17) is 28.0 Å². The number of fused-ring (bicyclic) bond motifs is 10. The van der Waals surface area contributed by atoms with Crippen LogP contribution in [0, 0.1) is 105 Å². The van der Waals surface area contributed by atoms with Gasteiger partial charge in [-0.3, -0.25) is 28.2 Å². The van der Waals surface area contributed by atoms with Gasteiger partial charge < -0.3 is 28.3 Å². The highest BCUT2D eigenvalue weighted by molar-refractivity contribution is 7.47. The van der Waals surface area contributed by atoms with Gasteiger partial charge in [0, 0.05) is 12.8 Å². The molecule has 8 aliphatic rings. The van der Waals surface area contributed by atoms with Crippen LogP contribution < -0.4 is 0 Å². The molecular weight excluding hydrogens is 1130 g/mol. The molecule has 14 heteroatoms. The number of carbonyl (C=O) groups excluding carboxylic acids is 4. The zero-order valence-electron chi connectivity index (χ0n) is 57.5. The molecule has 0 aromatic rings. The summed E-state index contributed by atoms with van der Waals surface area (Å²) in [7, 11) is 1.15. The van der Waals surface area contributed by atoms with Gasteiger partial charge in [0.1, 0.15) is 32.0 Å². The molecule has 0 aromatic heterocycles. The molecule has 8 rings (SSSR count). The summed E-state index contributed by atoms with van der Waals surface area (Å²) in [5.41, 5.74) is 3.74. The number of carbonyl (C=O) groups is 4.